The molecule has 154 valence electrons. The van der Waals surface area contributed by atoms with Gasteiger partial charge < -0.3 is 10.5 Å². The molecule has 0 bridgehead atoms. The van der Waals surface area contributed by atoms with Gasteiger partial charge in [0.15, 0.2) is 0 Å². The summed E-state index contributed by atoms with van der Waals surface area (Å²) < 4.78 is 5.99. The number of rotatable bonds is 2. The van der Waals surface area contributed by atoms with Crippen molar-refractivity contribution in [3.63, 3.8) is 0 Å². The van der Waals surface area contributed by atoms with Gasteiger partial charge in [-0.25, -0.2) is 0 Å². The SMILES string of the molecule is C[C@]12Cc3cn[nH]c3CC1CCC1C2CC[C@@]2(C)C1CC[C@]2(C)OC(=O)CN. The molecule has 3 saturated carbocycles. The largest absolute Gasteiger partial charge is 0.458 e. The fourth-order valence-corrected chi connectivity index (χ4v) is 8.16. The third kappa shape index (κ3) is 2.34. The standard InChI is InChI=1S/C23H35N3O2/c1-21-11-14-13-25-26-19(14)10-15(21)4-5-16-17(21)6-8-22(2)18(16)7-9-23(22,3)28-20(27)12-24/h13,15-18H,4-12,24H2,1-3H3,(H,25,26)/t15?,16?,17?,18?,21-,22-,23-/m0/s1. The predicted molar refractivity (Wildman–Crippen MR) is 107 cm³/mol. The Hall–Kier alpha value is -1.36. The maximum atomic E-state index is 12.0. The molecular weight excluding hydrogens is 350 g/mol. The van der Waals surface area contributed by atoms with Crippen molar-refractivity contribution in [2.45, 2.75) is 77.7 Å². The van der Waals surface area contributed by atoms with Gasteiger partial charge in [-0.1, -0.05) is 13.8 Å². The van der Waals surface area contributed by atoms with Crippen LogP contribution in [0, 0.1) is 34.5 Å². The van der Waals surface area contributed by atoms with Crippen LogP contribution >= 0.6 is 0 Å². The Labute approximate surface area is 168 Å². The summed E-state index contributed by atoms with van der Waals surface area (Å²) in [5, 5.41) is 7.58. The van der Waals surface area contributed by atoms with Crippen molar-refractivity contribution in [2.24, 2.45) is 40.2 Å². The topological polar surface area (TPSA) is 81.0 Å². The smallest absolute Gasteiger partial charge is 0.320 e. The second-order valence-corrected chi connectivity index (χ2v) is 10.8. The molecule has 1 heterocycles. The average Bonchev–Trinajstić information content (AvgIpc) is 3.21. The lowest BCUT2D eigenvalue weighted by Crippen LogP contribution is -2.57. The van der Waals surface area contributed by atoms with E-state index in [1.54, 1.807) is 0 Å². The first-order chi connectivity index (χ1) is 13.3. The summed E-state index contributed by atoms with van der Waals surface area (Å²) in [4.78, 5) is 12.0. The number of aromatic amines is 1. The normalized spacial score (nSPS) is 46.9. The van der Waals surface area contributed by atoms with Crippen molar-refractivity contribution in [2.75, 3.05) is 6.54 Å². The molecule has 28 heavy (non-hydrogen) atoms. The van der Waals surface area contributed by atoms with E-state index in [1.165, 1.54) is 49.8 Å². The Morgan fingerprint density at radius 1 is 1.21 bits per heavy atom. The molecule has 5 heteroatoms. The second-order valence-electron chi connectivity index (χ2n) is 10.8. The number of nitrogens with one attached hydrogen (secondary N) is 1. The van der Waals surface area contributed by atoms with Crippen LogP contribution in [0.3, 0.4) is 0 Å². The molecule has 0 aromatic carbocycles. The summed E-state index contributed by atoms with van der Waals surface area (Å²) >= 11 is 0. The van der Waals surface area contributed by atoms with Crippen LogP contribution in [0.1, 0.15) is 70.6 Å². The van der Waals surface area contributed by atoms with E-state index in [9.17, 15) is 4.79 Å². The molecule has 3 N–H and O–H groups in total. The highest BCUT2D eigenvalue weighted by atomic mass is 16.6. The van der Waals surface area contributed by atoms with Gasteiger partial charge in [-0.05, 0) is 92.9 Å². The van der Waals surface area contributed by atoms with E-state index in [0.29, 0.717) is 11.3 Å². The lowest BCUT2D eigenvalue weighted by Gasteiger charge is -2.61. The van der Waals surface area contributed by atoms with Crippen molar-refractivity contribution < 1.29 is 9.53 Å². The molecular formula is C23H35N3O2. The molecule has 1 aromatic rings. The number of carbonyl (C=O) groups is 1. The quantitative estimate of drug-likeness (QED) is 0.762. The molecule has 3 fully saturated rings. The van der Waals surface area contributed by atoms with Crippen molar-refractivity contribution in [3.8, 4) is 0 Å². The van der Waals surface area contributed by atoms with E-state index in [2.05, 4.69) is 37.2 Å². The van der Waals surface area contributed by atoms with Crippen molar-refractivity contribution in [3.05, 3.63) is 17.5 Å². The molecule has 0 radical (unpaired) electrons. The zero-order chi connectivity index (χ0) is 19.7. The van der Waals surface area contributed by atoms with E-state index in [1.807, 2.05) is 0 Å². The number of nitrogens with two attached hydrogens (primary N) is 1. The summed E-state index contributed by atoms with van der Waals surface area (Å²) in [6.45, 7) is 7.12. The van der Waals surface area contributed by atoms with E-state index in [0.717, 1.165) is 30.6 Å². The van der Waals surface area contributed by atoms with E-state index in [4.69, 9.17) is 10.5 Å². The lowest BCUT2D eigenvalue weighted by molar-refractivity contribution is -0.182. The Morgan fingerprint density at radius 3 is 2.79 bits per heavy atom. The molecule has 5 rings (SSSR count). The summed E-state index contributed by atoms with van der Waals surface area (Å²) in [5.41, 5.74) is 8.49. The van der Waals surface area contributed by atoms with Crippen molar-refractivity contribution >= 4 is 5.97 Å². The summed E-state index contributed by atoms with van der Waals surface area (Å²) in [5.74, 6) is 2.72. The molecule has 0 amide bonds. The fourth-order valence-electron chi connectivity index (χ4n) is 8.16. The zero-order valence-electron chi connectivity index (χ0n) is 17.6. The van der Waals surface area contributed by atoms with Crippen LogP contribution in [0.25, 0.3) is 0 Å². The van der Waals surface area contributed by atoms with E-state index in [-0.39, 0.29) is 23.5 Å². The Bertz CT molecular complexity index is 791. The van der Waals surface area contributed by atoms with Crippen LogP contribution in [0.2, 0.25) is 0 Å². The van der Waals surface area contributed by atoms with Crippen molar-refractivity contribution in [1.29, 1.82) is 0 Å². The fraction of sp³-hybridized carbons (Fsp3) is 0.826. The minimum Gasteiger partial charge on any atom is -0.458 e. The molecule has 4 aliphatic rings. The second kappa shape index (κ2) is 6.07. The molecule has 0 saturated heterocycles. The van der Waals surface area contributed by atoms with Gasteiger partial charge in [0.2, 0.25) is 0 Å². The summed E-state index contributed by atoms with van der Waals surface area (Å²) in [6.07, 6.45) is 11.6. The molecule has 0 aliphatic heterocycles. The number of nitrogens with zero attached hydrogens (tertiary/aromatic N) is 1. The number of hydrogen-bond acceptors (Lipinski definition) is 4. The van der Waals surface area contributed by atoms with Crippen LogP contribution in [0.4, 0.5) is 0 Å². The maximum Gasteiger partial charge on any atom is 0.320 e. The van der Waals surface area contributed by atoms with Crippen LogP contribution in [-0.4, -0.2) is 28.3 Å². The highest BCUT2D eigenvalue weighted by molar-refractivity contribution is 5.72. The number of hydrogen-bond donors (Lipinski definition) is 2. The van der Waals surface area contributed by atoms with E-state index >= 15 is 0 Å². The number of carbonyl (C=O) groups excluding carboxylic acids is 1. The minimum atomic E-state index is -0.360. The Balaban J connectivity index is 1.44. The van der Waals surface area contributed by atoms with Gasteiger partial charge >= 0.3 is 5.97 Å². The molecule has 5 nitrogen and oxygen atoms in total. The zero-order valence-corrected chi connectivity index (χ0v) is 17.6. The third-order valence-corrected chi connectivity index (χ3v) is 9.93. The van der Waals surface area contributed by atoms with Crippen LogP contribution in [0.5, 0.6) is 0 Å². The highest BCUT2D eigenvalue weighted by Crippen LogP contribution is 2.68. The Kier molecular flexibility index (Phi) is 4.04. The molecule has 4 unspecified atom stereocenters. The number of esters is 1. The van der Waals surface area contributed by atoms with Gasteiger partial charge in [0, 0.05) is 11.1 Å². The summed E-state index contributed by atoms with van der Waals surface area (Å²) in [6, 6.07) is 0. The van der Waals surface area contributed by atoms with E-state index < -0.39 is 0 Å². The number of H-pyrrole nitrogens is 1. The van der Waals surface area contributed by atoms with Gasteiger partial charge in [-0.2, -0.15) is 5.10 Å². The van der Waals surface area contributed by atoms with Gasteiger partial charge in [0.1, 0.15) is 5.60 Å². The van der Waals surface area contributed by atoms with Gasteiger partial charge in [-0.3, -0.25) is 9.89 Å². The van der Waals surface area contributed by atoms with Gasteiger partial charge in [-0.15, -0.1) is 0 Å². The van der Waals surface area contributed by atoms with Gasteiger partial charge in [0.25, 0.3) is 0 Å². The third-order valence-electron chi connectivity index (χ3n) is 9.93. The maximum absolute atomic E-state index is 12.0. The highest BCUT2D eigenvalue weighted by Gasteiger charge is 2.64. The van der Waals surface area contributed by atoms with Gasteiger partial charge in [0.05, 0.1) is 12.7 Å². The minimum absolute atomic E-state index is 0.0187. The van der Waals surface area contributed by atoms with Crippen LogP contribution in [-0.2, 0) is 22.4 Å². The Morgan fingerprint density at radius 2 is 2.00 bits per heavy atom. The monoisotopic (exact) mass is 385 g/mol. The number of ether oxygens (including phenoxy) is 1. The summed E-state index contributed by atoms with van der Waals surface area (Å²) in [7, 11) is 0. The first-order valence-electron chi connectivity index (χ1n) is 11.2. The number of aromatic nitrogens is 2. The average molecular weight is 386 g/mol. The molecule has 1 aromatic heterocycles. The predicted octanol–water partition coefficient (Wildman–Crippen LogP) is 3.63. The first kappa shape index (κ1) is 18.7. The molecule has 4 aliphatic carbocycles. The molecule has 7 atom stereocenters. The molecule has 0 spiro atoms. The van der Waals surface area contributed by atoms with Crippen molar-refractivity contribution in [1.82, 2.24) is 10.2 Å². The lowest BCUT2D eigenvalue weighted by atomic mass is 9.44. The number of fused-ring (bicyclic) bond motifs is 6. The first-order valence-corrected chi connectivity index (χ1v) is 11.2. The van der Waals surface area contributed by atoms with Crippen LogP contribution < -0.4 is 5.73 Å². The van der Waals surface area contributed by atoms with Crippen LogP contribution in [0.15, 0.2) is 6.20 Å².